The Hall–Kier alpha value is -2.23. The first-order valence-electron chi connectivity index (χ1n) is 6.52. The lowest BCUT2D eigenvalue weighted by molar-refractivity contribution is 0.246. The largest absolute Gasteiger partial charge is 0.493 e. The molecule has 0 aromatic heterocycles. The summed E-state index contributed by atoms with van der Waals surface area (Å²) in [5, 5.41) is 0. The first-order valence-corrected chi connectivity index (χ1v) is 6.52. The molecule has 2 rings (SSSR count). The van der Waals surface area contributed by atoms with Gasteiger partial charge in [0.2, 0.25) is 0 Å². The molecule has 0 aliphatic carbocycles. The van der Waals surface area contributed by atoms with E-state index in [0.29, 0.717) is 19.0 Å². The molecule has 4 heteroatoms. The number of ether oxygens (including phenoxy) is 2. The fourth-order valence-corrected chi connectivity index (χ4v) is 1.80. The van der Waals surface area contributed by atoms with E-state index in [-0.39, 0.29) is 5.82 Å². The van der Waals surface area contributed by atoms with Gasteiger partial charge >= 0.3 is 0 Å². The van der Waals surface area contributed by atoms with Gasteiger partial charge in [0.1, 0.15) is 17.3 Å². The molecule has 3 nitrogen and oxygen atoms in total. The van der Waals surface area contributed by atoms with Crippen molar-refractivity contribution in [2.45, 2.75) is 13.3 Å². The van der Waals surface area contributed by atoms with Crippen LogP contribution in [0.2, 0.25) is 0 Å². The van der Waals surface area contributed by atoms with E-state index < -0.39 is 0 Å². The third-order valence-electron chi connectivity index (χ3n) is 2.83. The van der Waals surface area contributed by atoms with Crippen LogP contribution in [0.4, 0.5) is 10.1 Å². The van der Waals surface area contributed by atoms with Crippen molar-refractivity contribution in [2.24, 2.45) is 0 Å². The minimum Gasteiger partial charge on any atom is -0.493 e. The van der Waals surface area contributed by atoms with Crippen molar-refractivity contribution >= 4 is 5.69 Å². The maximum Gasteiger partial charge on any atom is 0.123 e. The van der Waals surface area contributed by atoms with Crippen LogP contribution < -0.4 is 15.2 Å². The summed E-state index contributed by atoms with van der Waals surface area (Å²) in [7, 11) is 0. The zero-order valence-electron chi connectivity index (χ0n) is 11.4. The van der Waals surface area contributed by atoms with Gasteiger partial charge in [-0.2, -0.15) is 0 Å². The van der Waals surface area contributed by atoms with Crippen LogP contribution in [-0.4, -0.2) is 13.2 Å². The maximum atomic E-state index is 12.7. The molecule has 0 atom stereocenters. The smallest absolute Gasteiger partial charge is 0.123 e. The van der Waals surface area contributed by atoms with Crippen molar-refractivity contribution in [1.82, 2.24) is 0 Å². The Bertz CT molecular complexity index is 555. The molecule has 0 amide bonds. The fraction of sp³-hybridized carbons (Fsp3) is 0.250. The number of rotatable bonds is 6. The second-order valence-electron chi connectivity index (χ2n) is 4.53. The summed E-state index contributed by atoms with van der Waals surface area (Å²) < 4.78 is 23.8. The van der Waals surface area contributed by atoms with E-state index in [1.165, 1.54) is 12.1 Å². The van der Waals surface area contributed by atoms with Gasteiger partial charge in [-0.05, 0) is 55.0 Å². The summed E-state index contributed by atoms with van der Waals surface area (Å²) in [6, 6.07) is 11.5. The van der Waals surface area contributed by atoms with Crippen molar-refractivity contribution < 1.29 is 13.9 Å². The van der Waals surface area contributed by atoms with Gasteiger partial charge in [-0.1, -0.05) is 0 Å². The first kappa shape index (κ1) is 14.2. The summed E-state index contributed by atoms with van der Waals surface area (Å²) in [5.74, 6) is 1.23. The molecule has 0 heterocycles. The van der Waals surface area contributed by atoms with E-state index in [4.69, 9.17) is 15.2 Å². The predicted octanol–water partition coefficient (Wildman–Crippen LogP) is 3.56. The second kappa shape index (κ2) is 6.80. The standard InChI is InChI=1S/C16H18FNO2/c1-12-11-14(18)5-8-16(12)20-10-2-9-19-15-6-3-13(17)4-7-15/h3-8,11H,2,9-10,18H2,1H3. The third-order valence-corrected chi connectivity index (χ3v) is 2.83. The Balaban J connectivity index is 1.70. The Kier molecular flexibility index (Phi) is 4.82. The molecule has 0 saturated heterocycles. The van der Waals surface area contributed by atoms with E-state index in [2.05, 4.69) is 0 Å². The summed E-state index contributed by atoms with van der Waals surface area (Å²) >= 11 is 0. The van der Waals surface area contributed by atoms with Crippen LogP contribution in [0.15, 0.2) is 42.5 Å². The number of hydrogen-bond donors (Lipinski definition) is 1. The number of nitrogen functional groups attached to an aromatic ring is 1. The van der Waals surface area contributed by atoms with Gasteiger partial charge in [0.25, 0.3) is 0 Å². The molecule has 0 spiro atoms. The van der Waals surface area contributed by atoms with Gasteiger partial charge in [-0.25, -0.2) is 4.39 Å². The molecule has 106 valence electrons. The lowest BCUT2D eigenvalue weighted by Crippen LogP contribution is -2.05. The molecular formula is C16H18FNO2. The molecule has 0 unspecified atom stereocenters. The van der Waals surface area contributed by atoms with Gasteiger partial charge in [0.05, 0.1) is 13.2 Å². The maximum absolute atomic E-state index is 12.7. The summed E-state index contributed by atoms with van der Waals surface area (Å²) in [4.78, 5) is 0. The zero-order valence-corrected chi connectivity index (χ0v) is 11.4. The van der Waals surface area contributed by atoms with E-state index in [0.717, 1.165) is 23.4 Å². The minimum absolute atomic E-state index is 0.264. The van der Waals surface area contributed by atoms with Crippen LogP contribution in [-0.2, 0) is 0 Å². The minimum atomic E-state index is -0.264. The number of hydrogen-bond acceptors (Lipinski definition) is 3. The highest BCUT2D eigenvalue weighted by Crippen LogP contribution is 2.20. The van der Waals surface area contributed by atoms with Crippen molar-refractivity contribution in [2.75, 3.05) is 18.9 Å². The van der Waals surface area contributed by atoms with E-state index >= 15 is 0 Å². The van der Waals surface area contributed by atoms with Crippen molar-refractivity contribution in [3.05, 3.63) is 53.8 Å². The number of benzene rings is 2. The van der Waals surface area contributed by atoms with Crippen LogP contribution in [0.3, 0.4) is 0 Å². The highest BCUT2D eigenvalue weighted by atomic mass is 19.1. The average molecular weight is 275 g/mol. The van der Waals surface area contributed by atoms with Crippen LogP contribution in [0.5, 0.6) is 11.5 Å². The number of halogens is 1. The molecule has 0 saturated carbocycles. The van der Waals surface area contributed by atoms with Crippen LogP contribution in [0.1, 0.15) is 12.0 Å². The Morgan fingerprint density at radius 2 is 1.70 bits per heavy atom. The van der Waals surface area contributed by atoms with Crippen LogP contribution >= 0.6 is 0 Å². The quantitative estimate of drug-likeness (QED) is 0.647. The molecular weight excluding hydrogens is 257 g/mol. The molecule has 2 aromatic rings. The molecule has 0 aliphatic rings. The third kappa shape index (κ3) is 4.16. The van der Waals surface area contributed by atoms with Gasteiger partial charge in [0, 0.05) is 12.1 Å². The highest BCUT2D eigenvalue weighted by molar-refractivity contribution is 5.47. The number of aryl methyl sites for hydroxylation is 1. The van der Waals surface area contributed by atoms with Gasteiger partial charge in [-0.3, -0.25) is 0 Å². The summed E-state index contributed by atoms with van der Waals surface area (Å²) in [5.41, 5.74) is 7.43. The van der Waals surface area contributed by atoms with Crippen molar-refractivity contribution in [3.8, 4) is 11.5 Å². The lowest BCUT2D eigenvalue weighted by atomic mass is 10.2. The van der Waals surface area contributed by atoms with Crippen LogP contribution in [0, 0.1) is 12.7 Å². The second-order valence-corrected chi connectivity index (χ2v) is 4.53. The topological polar surface area (TPSA) is 44.5 Å². The first-order chi connectivity index (χ1) is 9.65. The Morgan fingerprint density at radius 3 is 2.40 bits per heavy atom. The van der Waals surface area contributed by atoms with Gasteiger partial charge in [0.15, 0.2) is 0 Å². The zero-order chi connectivity index (χ0) is 14.4. The summed E-state index contributed by atoms with van der Waals surface area (Å²) in [6.07, 6.45) is 0.751. The molecule has 0 radical (unpaired) electrons. The number of nitrogens with two attached hydrogens (primary N) is 1. The lowest BCUT2D eigenvalue weighted by Gasteiger charge is -2.10. The van der Waals surface area contributed by atoms with Gasteiger partial charge < -0.3 is 15.2 Å². The molecule has 0 bridgehead atoms. The predicted molar refractivity (Wildman–Crippen MR) is 77.6 cm³/mol. The van der Waals surface area contributed by atoms with Crippen molar-refractivity contribution in [1.29, 1.82) is 0 Å². The normalized spacial score (nSPS) is 10.3. The Labute approximate surface area is 118 Å². The fourth-order valence-electron chi connectivity index (χ4n) is 1.80. The van der Waals surface area contributed by atoms with E-state index in [9.17, 15) is 4.39 Å². The SMILES string of the molecule is Cc1cc(N)ccc1OCCCOc1ccc(F)cc1. The Morgan fingerprint density at radius 1 is 1.00 bits per heavy atom. The van der Waals surface area contributed by atoms with Crippen molar-refractivity contribution in [3.63, 3.8) is 0 Å². The van der Waals surface area contributed by atoms with Crippen LogP contribution in [0.25, 0.3) is 0 Å². The monoisotopic (exact) mass is 275 g/mol. The molecule has 2 N–H and O–H groups in total. The van der Waals surface area contributed by atoms with E-state index in [1.54, 1.807) is 12.1 Å². The van der Waals surface area contributed by atoms with E-state index in [1.807, 2.05) is 25.1 Å². The highest BCUT2D eigenvalue weighted by Gasteiger charge is 2.00. The summed E-state index contributed by atoms with van der Waals surface area (Å²) in [6.45, 7) is 3.05. The average Bonchev–Trinajstić information content (AvgIpc) is 2.42. The molecule has 20 heavy (non-hydrogen) atoms. The molecule has 0 fully saturated rings. The van der Waals surface area contributed by atoms with Gasteiger partial charge in [-0.15, -0.1) is 0 Å². The molecule has 2 aromatic carbocycles. The molecule has 0 aliphatic heterocycles. The number of anilines is 1.